The highest BCUT2D eigenvalue weighted by atomic mass is 14.2. The minimum Gasteiger partial charge on any atom is -0.0877 e. The summed E-state index contributed by atoms with van der Waals surface area (Å²) in [5.74, 6) is 1.69. The maximum Gasteiger partial charge on any atom is -0.0291 e. The van der Waals surface area contributed by atoms with Gasteiger partial charge in [-0.05, 0) is 38.5 Å². The van der Waals surface area contributed by atoms with Crippen LogP contribution in [-0.2, 0) is 0 Å². The van der Waals surface area contributed by atoms with Crippen LogP contribution in [0.25, 0.3) is 0 Å². The smallest absolute Gasteiger partial charge is 0.0291 e. The van der Waals surface area contributed by atoms with Crippen molar-refractivity contribution in [2.75, 3.05) is 0 Å². The molecule has 1 atom stereocenters. The first-order valence-electron chi connectivity index (χ1n) is 8.05. The van der Waals surface area contributed by atoms with Crippen LogP contribution >= 0.6 is 0 Å². The molecule has 0 aliphatic heterocycles. The number of hydrogen-bond acceptors (Lipinski definition) is 0. The first-order chi connectivity index (χ1) is 9.10. The summed E-state index contributed by atoms with van der Waals surface area (Å²) in [5, 5.41) is 0. The highest BCUT2D eigenvalue weighted by Gasteiger charge is 2.11. The molecule has 0 aromatic heterocycles. The lowest BCUT2D eigenvalue weighted by Crippen LogP contribution is -2.05. The first kappa shape index (κ1) is 18.2. The monoisotopic (exact) mass is 262 g/mol. The van der Waals surface area contributed by atoms with Gasteiger partial charge in [0.25, 0.3) is 0 Å². The zero-order chi connectivity index (χ0) is 14.5. The molecule has 1 unspecified atom stereocenters. The van der Waals surface area contributed by atoms with Crippen LogP contribution in [0.4, 0.5) is 0 Å². The Labute approximate surface area is 121 Å². The molecule has 0 rings (SSSR count). The van der Waals surface area contributed by atoms with E-state index >= 15 is 0 Å². The average Bonchev–Trinajstić information content (AvgIpc) is 2.34. The Hall–Kier alpha value is -0.780. The minimum absolute atomic E-state index is 0.818. The summed E-state index contributed by atoms with van der Waals surface area (Å²) in [4.78, 5) is 0. The van der Waals surface area contributed by atoms with Crippen molar-refractivity contribution in [3.8, 4) is 0 Å². The maximum atomic E-state index is 2.35. The van der Waals surface area contributed by atoms with E-state index in [0.29, 0.717) is 0 Å². The van der Waals surface area contributed by atoms with Gasteiger partial charge >= 0.3 is 0 Å². The van der Waals surface area contributed by atoms with Gasteiger partial charge in [-0.2, -0.15) is 0 Å². The van der Waals surface area contributed by atoms with E-state index in [1.807, 2.05) is 6.92 Å². The molecule has 0 heterocycles. The standard InChI is InChI=1S/C19H34/c1-6-8-10-12-13-18(5)16-19(15-17(3)4)14-11-9-7-2/h6,8,10,12-13,17,19H,7,9,11,14-16H2,1-5H3/b8-6-,12-10-,18-13+. The van der Waals surface area contributed by atoms with E-state index in [0.717, 1.165) is 11.8 Å². The van der Waals surface area contributed by atoms with Gasteiger partial charge in [-0.25, -0.2) is 0 Å². The molecule has 0 aromatic carbocycles. The van der Waals surface area contributed by atoms with Crippen molar-refractivity contribution >= 4 is 0 Å². The molecule has 0 fully saturated rings. The maximum absolute atomic E-state index is 2.35. The number of unbranched alkanes of at least 4 members (excludes halogenated alkanes) is 2. The van der Waals surface area contributed by atoms with Crippen molar-refractivity contribution in [2.24, 2.45) is 11.8 Å². The lowest BCUT2D eigenvalue weighted by atomic mass is 9.87. The SMILES string of the molecule is C\C=C/C=C\C=C(/C)CC(CCCCC)CC(C)C. The Bertz CT molecular complexity index is 278. The third-order valence-electron chi connectivity index (χ3n) is 3.43. The van der Waals surface area contributed by atoms with E-state index < -0.39 is 0 Å². The lowest BCUT2D eigenvalue weighted by molar-refractivity contribution is 0.370. The van der Waals surface area contributed by atoms with Gasteiger partial charge in [0.2, 0.25) is 0 Å². The van der Waals surface area contributed by atoms with E-state index in [4.69, 9.17) is 0 Å². The molecule has 110 valence electrons. The molecule has 0 amide bonds. The quantitative estimate of drug-likeness (QED) is 0.303. The second-order valence-corrected chi connectivity index (χ2v) is 6.12. The molecule has 0 aliphatic carbocycles. The van der Waals surface area contributed by atoms with Crippen molar-refractivity contribution in [2.45, 2.75) is 73.1 Å². The zero-order valence-electron chi connectivity index (χ0n) is 13.8. The van der Waals surface area contributed by atoms with E-state index in [1.54, 1.807) is 0 Å². The highest BCUT2D eigenvalue weighted by Crippen LogP contribution is 2.25. The zero-order valence-corrected chi connectivity index (χ0v) is 13.8. The van der Waals surface area contributed by atoms with Gasteiger partial charge in [-0.15, -0.1) is 0 Å². The Kier molecular flexibility index (Phi) is 11.8. The summed E-state index contributed by atoms with van der Waals surface area (Å²) >= 11 is 0. The average molecular weight is 262 g/mol. The van der Waals surface area contributed by atoms with Crippen LogP contribution in [0, 0.1) is 11.8 Å². The van der Waals surface area contributed by atoms with E-state index in [2.05, 4.69) is 58.1 Å². The Balaban J connectivity index is 4.27. The first-order valence-corrected chi connectivity index (χ1v) is 8.05. The Morgan fingerprint density at radius 2 is 1.79 bits per heavy atom. The summed E-state index contributed by atoms with van der Waals surface area (Å²) in [7, 11) is 0. The van der Waals surface area contributed by atoms with Crippen molar-refractivity contribution in [3.63, 3.8) is 0 Å². The van der Waals surface area contributed by atoms with Crippen molar-refractivity contribution < 1.29 is 0 Å². The summed E-state index contributed by atoms with van der Waals surface area (Å²) in [5.41, 5.74) is 1.52. The molecular weight excluding hydrogens is 228 g/mol. The van der Waals surface area contributed by atoms with Gasteiger partial charge in [0.15, 0.2) is 0 Å². The lowest BCUT2D eigenvalue weighted by Gasteiger charge is -2.19. The molecule has 0 aliphatic rings. The molecule has 0 heteroatoms. The highest BCUT2D eigenvalue weighted by molar-refractivity contribution is 5.15. The van der Waals surface area contributed by atoms with Crippen LogP contribution in [0.5, 0.6) is 0 Å². The predicted molar refractivity (Wildman–Crippen MR) is 89.4 cm³/mol. The normalized spacial score (nSPS) is 14.9. The van der Waals surface area contributed by atoms with Gasteiger partial charge in [-0.3, -0.25) is 0 Å². The van der Waals surface area contributed by atoms with Crippen LogP contribution in [0.1, 0.15) is 73.1 Å². The van der Waals surface area contributed by atoms with Gasteiger partial charge < -0.3 is 0 Å². The van der Waals surface area contributed by atoms with Crippen LogP contribution in [-0.4, -0.2) is 0 Å². The van der Waals surface area contributed by atoms with Gasteiger partial charge in [0.1, 0.15) is 0 Å². The fourth-order valence-electron chi connectivity index (χ4n) is 2.57. The van der Waals surface area contributed by atoms with E-state index in [9.17, 15) is 0 Å². The molecule has 0 saturated carbocycles. The Morgan fingerprint density at radius 1 is 1.05 bits per heavy atom. The van der Waals surface area contributed by atoms with Crippen molar-refractivity contribution in [3.05, 3.63) is 36.0 Å². The van der Waals surface area contributed by atoms with Crippen molar-refractivity contribution in [1.29, 1.82) is 0 Å². The summed E-state index contributed by atoms with van der Waals surface area (Å²) < 4.78 is 0. The van der Waals surface area contributed by atoms with Crippen molar-refractivity contribution in [1.82, 2.24) is 0 Å². The Morgan fingerprint density at radius 3 is 2.37 bits per heavy atom. The molecule has 0 nitrogen and oxygen atoms in total. The fraction of sp³-hybridized carbons (Fsp3) is 0.684. The summed E-state index contributed by atoms with van der Waals surface area (Å²) in [6.45, 7) is 11.3. The van der Waals surface area contributed by atoms with Gasteiger partial charge in [0.05, 0.1) is 0 Å². The fourth-order valence-corrected chi connectivity index (χ4v) is 2.57. The molecule has 0 saturated heterocycles. The van der Waals surface area contributed by atoms with Gasteiger partial charge in [0, 0.05) is 0 Å². The third kappa shape index (κ3) is 12.0. The third-order valence-corrected chi connectivity index (χ3v) is 3.43. The number of allylic oxidation sites excluding steroid dienone is 6. The number of rotatable bonds is 10. The minimum atomic E-state index is 0.818. The van der Waals surface area contributed by atoms with E-state index in [-0.39, 0.29) is 0 Å². The van der Waals surface area contributed by atoms with Crippen LogP contribution in [0.3, 0.4) is 0 Å². The molecule has 0 radical (unpaired) electrons. The molecular formula is C19H34. The summed E-state index contributed by atoms with van der Waals surface area (Å²) in [6, 6.07) is 0. The topological polar surface area (TPSA) is 0 Å². The van der Waals surface area contributed by atoms with Crippen LogP contribution in [0.2, 0.25) is 0 Å². The number of hydrogen-bond donors (Lipinski definition) is 0. The van der Waals surface area contributed by atoms with Gasteiger partial charge in [-0.1, -0.05) is 82.4 Å². The molecule has 0 spiro atoms. The summed E-state index contributed by atoms with van der Waals surface area (Å²) in [6.07, 6.45) is 18.8. The molecule has 19 heavy (non-hydrogen) atoms. The largest absolute Gasteiger partial charge is 0.0877 e. The van der Waals surface area contributed by atoms with Crippen LogP contribution < -0.4 is 0 Å². The molecule has 0 aromatic rings. The second kappa shape index (κ2) is 12.3. The molecule has 0 N–H and O–H groups in total. The van der Waals surface area contributed by atoms with E-state index in [1.165, 1.54) is 44.1 Å². The second-order valence-electron chi connectivity index (χ2n) is 6.12. The van der Waals surface area contributed by atoms with Crippen LogP contribution in [0.15, 0.2) is 36.0 Å². The molecule has 0 bridgehead atoms. The predicted octanol–water partition coefficient (Wildman–Crippen LogP) is 6.70.